The van der Waals surface area contributed by atoms with Gasteiger partial charge in [0.2, 0.25) is 17.6 Å². The van der Waals surface area contributed by atoms with Crippen LogP contribution in [0.1, 0.15) is 29.4 Å². The second kappa shape index (κ2) is 7.47. The van der Waals surface area contributed by atoms with Crippen LogP contribution in [0.15, 0.2) is 47.0 Å². The van der Waals surface area contributed by atoms with Crippen molar-refractivity contribution in [2.45, 2.75) is 32.5 Å². The van der Waals surface area contributed by atoms with Crippen LogP contribution in [0.3, 0.4) is 0 Å². The number of halogens is 3. The van der Waals surface area contributed by atoms with E-state index in [1.54, 1.807) is 4.90 Å². The van der Waals surface area contributed by atoms with Gasteiger partial charge >= 0.3 is 6.36 Å². The Morgan fingerprint density at radius 3 is 2.40 bits per heavy atom. The number of rotatable bonds is 4. The molecule has 1 unspecified atom stereocenters. The van der Waals surface area contributed by atoms with Crippen molar-refractivity contribution in [3.8, 4) is 17.1 Å². The maximum absolute atomic E-state index is 12.5. The standard InChI is InChI=1S/C21H18F3N3O3/c1-12-7-13(2)9-16(8-12)27-11-15(10-18(27)28)20-25-19(26-30-20)14-3-5-17(6-4-14)29-21(22,23)24/h3-9,15H,10-11H2,1-2H3. The smallest absolute Gasteiger partial charge is 0.406 e. The topological polar surface area (TPSA) is 68.5 Å². The molecule has 0 saturated carbocycles. The monoisotopic (exact) mass is 417 g/mol. The molecule has 30 heavy (non-hydrogen) atoms. The first-order valence-electron chi connectivity index (χ1n) is 9.26. The van der Waals surface area contributed by atoms with E-state index in [9.17, 15) is 18.0 Å². The zero-order chi connectivity index (χ0) is 21.5. The number of carbonyl (C=O) groups excluding carboxylic acids is 1. The minimum atomic E-state index is -4.75. The van der Waals surface area contributed by atoms with E-state index in [1.165, 1.54) is 24.3 Å². The van der Waals surface area contributed by atoms with Crippen molar-refractivity contribution in [3.05, 3.63) is 59.5 Å². The van der Waals surface area contributed by atoms with Crippen LogP contribution >= 0.6 is 0 Å². The number of hydrogen-bond acceptors (Lipinski definition) is 5. The summed E-state index contributed by atoms with van der Waals surface area (Å²) in [6, 6.07) is 11.1. The molecule has 2 heterocycles. The van der Waals surface area contributed by atoms with Gasteiger partial charge in [-0.15, -0.1) is 13.2 Å². The molecule has 156 valence electrons. The van der Waals surface area contributed by atoms with Gasteiger partial charge in [0.05, 0.1) is 5.92 Å². The number of ether oxygens (including phenoxy) is 1. The molecule has 0 bridgehead atoms. The molecule has 0 spiro atoms. The van der Waals surface area contributed by atoms with Gasteiger partial charge < -0.3 is 14.2 Å². The molecule has 1 amide bonds. The third-order valence-electron chi connectivity index (χ3n) is 4.78. The first-order chi connectivity index (χ1) is 14.2. The van der Waals surface area contributed by atoms with Crippen molar-refractivity contribution in [2.75, 3.05) is 11.4 Å². The van der Waals surface area contributed by atoms with E-state index < -0.39 is 6.36 Å². The number of benzene rings is 2. The fourth-order valence-electron chi connectivity index (χ4n) is 3.55. The summed E-state index contributed by atoms with van der Waals surface area (Å²) in [7, 11) is 0. The first-order valence-corrected chi connectivity index (χ1v) is 9.26. The summed E-state index contributed by atoms with van der Waals surface area (Å²) in [5, 5.41) is 3.91. The summed E-state index contributed by atoms with van der Waals surface area (Å²) >= 11 is 0. The molecule has 1 atom stereocenters. The fraction of sp³-hybridized carbons (Fsp3) is 0.286. The Bertz CT molecular complexity index is 1060. The van der Waals surface area contributed by atoms with Crippen LogP contribution < -0.4 is 9.64 Å². The number of aryl methyl sites for hydroxylation is 2. The van der Waals surface area contributed by atoms with Gasteiger partial charge in [-0.2, -0.15) is 4.98 Å². The molecule has 1 saturated heterocycles. The van der Waals surface area contributed by atoms with Gasteiger partial charge in [0.15, 0.2) is 0 Å². The van der Waals surface area contributed by atoms with Crippen LogP contribution in [-0.2, 0) is 4.79 Å². The maximum Gasteiger partial charge on any atom is 0.573 e. The van der Waals surface area contributed by atoms with Crippen molar-refractivity contribution < 1.29 is 27.2 Å². The van der Waals surface area contributed by atoms with Gasteiger partial charge in [-0.1, -0.05) is 11.2 Å². The van der Waals surface area contributed by atoms with E-state index in [4.69, 9.17) is 4.52 Å². The minimum Gasteiger partial charge on any atom is -0.406 e. The van der Waals surface area contributed by atoms with Crippen LogP contribution in [0.2, 0.25) is 0 Å². The Kier molecular flexibility index (Phi) is 4.97. The molecule has 1 aromatic heterocycles. The molecule has 6 nitrogen and oxygen atoms in total. The second-order valence-corrected chi connectivity index (χ2v) is 7.28. The number of amides is 1. The fourth-order valence-corrected chi connectivity index (χ4v) is 3.55. The summed E-state index contributed by atoms with van der Waals surface area (Å²) < 4.78 is 46.0. The van der Waals surface area contributed by atoms with Gasteiger partial charge in [0.1, 0.15) is 5.75 Å². The van der Waals surface area contributed by atoms with E-state index in [1.807, 2.05) is 32.0 Å². The van der Waals surface area contributed by atoms with Gasteiger partial charge in [-0.3, -0.25) is 4.79 Å². The Hall–Kier alpha value is -3.36. The van der Waals surface area contributed by atoms with Gasteiger partial charge in [0.25, 0.3) is 0 Å². The highest BCUT2D eigenvalue weighted by molar-refractivity contribution is 5.96. The zero-order valence-corrected chi connectivity index (χ0v) is 16.2. The van der Waals surface area contributed by atoms with Crippen molar-refractivity contribution in [1.82, 2.24) is 10.1 Å². The molecule has 4 rings (SSSR count). The van der Waals surface area contributed by atoms with Crippen molar-refractivity contribution in [1.29, 1.82) is 0 Å². The Balaban J connectivity index is 1.50. The molecule has 1 aliphatic rings. The molecule has 0 aliphatic carbocycles. The molecule has 1 aliphatic heterocycles. The Morgan fingerprint density at radius 2 is 1.77 bits per heavy atom. The van der Waals surface area contributed by atoms with Crippen LogP contribution in [-0.4, -0.2) is 29.0 Å². The van der Waals surface area contributed by atoms with Crippen LogP contribution in [0, 0.1) is 13.8 Å². The summed E-state index contributed by atoms with van der Waals surface area (Å²) in [5.74, 6) is -0.0621. The maximum atomic E-state index is 12.5. The van der Waals surface area contributed by atoms with Crippen LogP contribution in [0.5, 0.6) is 5.75 Å². The van der Waals surface area contributed by atoms with Crippen LogP contribution in [0.4, 0.5) is 18.9 Å². The molecule has 3 aromatic rings. The van der Waals surface area contributed by atoms with E-state index in [-0.39, 0.29) is 29.8 Å². The zero-order valence-electron chi connectivity index (χ0n) is 16.2. The summed E-state index contributed by atoms with van der Waals surface area (Å²) in [5.41, 5.74) is 3.45. The number of aromatic nitrogens is 2. The lowest BCUT2D eigenvalue weighted by Gasteiger charge is -2.17. The Labute approximate surface area is 170 Å². The van der Waals surface area contributed by atoms with Gasteiger partial charge in [-0.25, -0.2) is 0 Å². The molecule has 0 N–H and O–H groups in total. The average molecular weight is 417 g/mol. The summed E-state index contributed by atoms with van der Waals surface area (Å²) in [6.07, 6.45) is -4.51. The first kappa shape index (κ1) is 19.9. The second-order valence-electron chi connectivity index (χ2n) is 7.28. The van der Waals surface area contributed by atoms with Gasteiger partial charge in [-0.05, 0) is 61.4 Å². The molecular weight excluding hydrogens is 399 g/mol. The van der Waals surface area contributed by atoms with Crippen molar-refractivity contribution in [3.63, 3.8) is 0 Å². The molecule has 2 aromatic carbocycles. The molecule has 9 heteroatoms. The summed E-state index contributed by atoms with van der Waals surface area (Å²) in [6.45, 7) is 4.37. The third-order valence-corrected chi connectivity index (χ3v) is 4.78. The number of anilines is 1. The lowest BCUT2D eigenvalue weighted by Crippen LogP contribution is -2.24. The normalized spacial score (nSPS) is 16.9. The number of hydrogen-bond donors (Lipinski definition) is 0. The van der Waals surface area contributed by atoms with E-state index in [0.29, 0.717) is 18.0 Å². The van der Waals surface area contributed by atoms with E-state index in [2.05, 4.69) is 14.9 Å². The highest BCUT2D eigenvalue weighted by Crippen LogP contribution is 2.33. The molecule has 1 fully saturated rings. The van der Waals surface area contributed by atoms with E-state index in [0.717, 1.165) is 16.8 Å². The number of nitrogens with zero attached hydrogens (tertiary/aromatic N) is 3. The van der Waals surface area contributed by atoms with E-state index >= 15 is 0 Å². The average Bonchev–Trinajstić information content (AvgIpc) is 3.27. The lowest BCUT2D eigenvalue weighted by molar-refractivity contribution is -0.274. The predicted octanol–water partition coefficient (Wildman–Crippen LogP) is 4.77. The molecular formula is C21H18F3N3O3. The largest absolute Gasteiger partial charge is 0.573 e. The van der Waals surface area contributed by atoms with Crippen molar-refractivity contribution >= 4 is 11.6 Å². The molecule has 0 radical (unpaired) electrons. The third kappa shape index (κ3) is 4.29. The van der Waals surface area contributed by atoms with Crippen LogP contribution in [0.25, 0.3) is 11.4 Å². The van der Waals surface area contributed by atoms with Gasteiger partial charge in [0, 0.05) is 24.2 Å². The van der Waals surface area contributed by atoms with Crippen molar-refractivity contribution in [2.24, 2.45) is 0 Å². The SMILES string of the molecule is Cc1cc(C)cc(N2CC(c3nc(-c4ccc(OC(F)(F)F)cc4)no3)CC2=O)c1. The highest BCUT2D eigenvalue weighted by atomic mass is 19.4. The number of carbonyl (C=O) groups is 1. The predicted molar refractivity (Wildman–Crippen MR) is 102 cm³/mol. The quantitative estimate of drug-likeness (QED) is 0.612. The lowest BCUT2D eigenvalue weighted by atomic mass is 10.1. The summed E-state index contributed by atoms with van der Waals surface area (Å²) in [4.78, 5) is 18.6. The number of alkyl halides is 3. The minimum absolute atomic E-state index is 0.0293. The highest BCUT2D eigenvalue weighted by Gasteiger charge is 2.35. The Morgan fingerprint density at radius 1 is 1.10 bits per heavy atom.